The Balaban J connectivity index is 2.59. The van der Waals surface area contributed by atoms with Gasteiger partial charge in [0, 0.05) is 12.0 Å². The van der Waals surface area contributed by atoms with Gasteiger partial charge in [-0.05, 0) is 26.7 Å². The average molecular weight is 208 g/mol. The van der Waals surface area contributed by atoms with E-state index in [1.54, 1.807) is 13.8 Å². The van der Waals surface area contributed by atoms with E-state index in [-0.39, 0.29) is 17.8 Å². The summed E-state index contributed by atoms with van der Waals surface area (Å²) in [5.74, 6) is 0.220. The molecule has 0 aliphatic heterocycles. The second-order valence-electron chi connectivity index (χ2n) is 4.00. The van der Waals surface area contributed by atoms with Crippen molar-refractivity contribution >= 4 is 5.84 Å². The minimum atomic E-state index is -4.22. The molecule has 1 rings (SSSR count). The van der Waals surface area contributed by atoms with E-state index in [0.29, 0.717) is 0 Å². The second-order valence-corrected chi connectivity index (χ2v) is 4.00. The van der Waals surface area contributed by atoms with Gasteiger partial charge in [0.25, 0.3) is 0 Å². The predicted octanol–water partition coefficient (Wildman–Crippen LogP) is 2.65. The number of alkyl halides is 3. The molecule has 0 aromatic rings. The van der Waals surface area contributed by atoms with Crippen molar-refractivity contribution in [1.29, 1.82) is 5.41 Å². The zero-order valence-corrected chi connectivity index (χ0v) is 8.36. The summed E-state index contributed by atoms with van der Waals surface area (Å²) in [6.07, 6.45) is -2.49. The third kappa shape index (κ3) is 3.20. The summed E-state index contributed by atoms with van der Waals surface area (Å²) in [6, 6.07) is -0.260. The molecule has 0 amide bonds. The van der Waals surface area contributed by atoms with Crippen LogP contribution in [0.5, 0.6) is 0 Å². The molecular weight excluding hydrogens is 193 g/mol. The smallest absolute Gasteiger partial charge is 0.349 e. The van der Waals surface area contributed by atoms with Crippen LogP contribution >= 0.6 is 0 Å². The van der Waals surface area contributed by atoms with Crippen LogP contribution in [0.15, 0.2) is 0 Å². The van der Waals surface area contributed by atoms with Gasteiger partial charge in [-0.3, -0.25) is 5.41 Å². The Morgan fingerprint density at radius 3 is 2.21 bits per heavy atom. The monoisotopic (exact) mass is 208 g/mol. The molecule has 82 valence electrons. The molecule has 1 saturated carbocycles. The lowest BCUT2D eigenvalue weighted by Crippen LogP contribution is -2.43. The van der Waals surface area contributed by atoms with Crippen molar-refractivity contribution in [1.82, 2.24) is 4.90 Å². The van der Waals surface area contributed by atoms with Gasteiger partial charge in [-0.1, -0.05) is 0 Å². The molecule has 0 atom stereocenters. The maximum absolute atomic E-state index is 12.2. The molecule has 1 aliphatic carbocycles. The summed E-state index contributed by atoms with van der Waals surface area (Å²) < 4.78 is 36.5. The van der Waals surface area contributed by atoms with E-state index in [1.807, 2.05) is 0 Å². The van der Waals surface area contributed by atoms with E-state index >= 15 is 0 Å². The Labute approximate surface area is 81.6 Å². The molecule has 0 aromatic carbocycles. The Morgan fingerprint density at radius 2 is 1.93 bits per heavy atom. The zero-order valence-electron chi connectivity index (χ0n) is 8.36. The molecule has 1 aliphatic rings. The number of halogens is 3. The van der Waals surface area contributed by atoms with E-state index in [2.05, 4.69) is 0 Å². The highest BCUT2D eigenvalue weighted by Gasteiger charge is 2.37. The largest absolute Gasteiger partial charge is 0.405 e. The number of hydrogen-bond donors (Lipinski definition) is 1. The number of amidine groups is 1. The van der Waals surface area contributed by atoms with E-state index in [0.717, 1.165) is 17.7 Å². The first-order valence-electron chi connectivity index (χ1n) is 4.73. The summed E-state index contributed by atoms with van der Waals surface area (Å²) in [4.78, 5) is 1.14. The van der Waals surface area contributed by atoms with Crippen LogP contribution < -0.4 is 0 Å². The predicted molar refractivity (Wildman–Crippen MR) is 48.3 cm³/mol. The molecule has 5 heteroatoms. The fraction of sp³-hybridized carbons (Fsp3) is 0.889. The quantitative estimate of drug-likeness (QED) is 0.560. The Kier molecular flexibility index (Phi) is 3.07. The van der Waals surface area contributed by atoms with Crippen LogP contribution in [-0.4, -0.2) is 29.5 Å². The zero-order chi connectivity index (χ0) is 10.9. The first-order chi connectivity index (χ1) is 6.31. The van der Waals surface area contributed by atoms with Crippen LogP contribution in [0.2, 0.25) is 0 Å². The Morgan fingerprint density at radius 1 is 1.43 bits per heavy atom. The first-order valence-corrected chi connectivity index (χ1v) is 4.73. The van der Waals surface area contributed by atoms with Crippen LogP contribution in [0.3, 0.4) is 0 Å². The fourth-order valence-electron chi connectivity index (χ4n) is 1.33. The van der Waals surface area contributed by atoms with Gasteiger partial charge in [0.15, 0.2) is 0 Å². The van der Waals surface area contributed by atoms with Crippen molar-refractivity contribution in [2.24, 2.45) is 5.92 Å². The highest BCUT2D eigenvalue weighted by molar-refractivity contribution is 5.84. The molecule has 1 N–H and O–H groups in total. The maximum atomic E-state index is 12.2. The van der Waals surface area contributed by atoms with Crippen molar-refractivity contribution in [3.05, 3.63) is 0 Å². The lowest BCUT2D eigenvalue weighted by atomic mass is 10.2. The van der Waals surface area contributed by atoms with Crippen LogP contribution in [0.1, 0.15) is 26.7 Å². The van der Waals surface area contributed by atoms with Crippen LogP contribution in [0.25, 0.3) is 0 Å². The molecule has 0 unspecified atom stereocenters. The molecule has 1 fully saturated rings. The number of nitrogens with zero attached hydrogens (tertiary/aromatic N) is 1. The summed E-state index contributed by atoms with van der Waals surface area (Å²) in [5, 5.41) is 7.60. The molecule has 0 bridgehead atoms. The molecule has 2 nitrogen and oxygen atoms in total. The summed E-state index contributed by atoms with van der Waals surface area (Å²) in [5.41, 5.74) is 0. The maximum Gasteiger partial charge on any atom is 0.405 e. The number of hydrogen-bond acceptors (Lipinski definition) is 1. The third-order valence-electron chi connectivity index (χ3n) is 2.25. The molecule has 14 heavy (non-hydrogen) atoms. The Hall–Kier alpha value is -0.740. The van der Waals surface area contributed by atoms with Crippen molar-refractivity contribution in [3.63, 3.8) is 0 Å². The minimum absolute atomic E-state index is 0.0692. The normalized spacial score (nSPS) is 17.3. The minimum Gasteiger partial charge on any atom is -0.349 e. The van der Waals surface area contributed by atoms with Gasteiger partial charge >= 0.3 is 6.18 Å². The van der Waals surface area contributed by atoms with E-state index < -0.39 is 12.7 Å². The fourth-order valence-corrected chi connectivity index (χ4v) is 1.33. The van der Waals surface area contributed by atoms with Crippen molar-refractivity contribution in [3.8, 4) is 0 Å². The van der Waals surface area contributed by atoms with Crippen molar-refractivity contribution < 1.29 is 13.2 Å². The van der Waals surface area contributed by atoms with Gasteiger partial charge in [-0.25, -0.2) is 0 Å². The molecule has 0 saturated heterocycles. The molecule has 0 spiro atoms. The lowest BCUT2D eigenvalue weighted by molar-refractivity contribution is -0.140. The SMILES string of the molecule is CC(C)N(CC(F)(F)F)C(=N)C1CC1. The number of rotatable bonds is 3. The molecule has 0 radical (unpaired) electrons. The van der Waals surface area contributed by atoms with Gasteiger partial charge < -0.3 is 4.90 Å². The summed E-state index contributed by atoms with van der Waals surface area (Å²) >= 11 is 0. The number of nitrogens with one attached hydrogen (secondary N) is 1. The first kappa shape index (κ1) is 11.3. The van der Waals surface area contributed by atoms with Crippen molar-refractivity contribution in [2.75, 3.05) is 6.54 Å². The van der Waals surface area contributed by atoms with Crippen LogP contribution in [0.4, 0.5) is 13.2 Å². The lowest BCUT2D eigenvalue weighted by Gasteiger charge is -2.30. The molecule has 0 heterocycles. The van der Waals surface area contributed by atoms with E-state index in [4.69, 9.17) is 5.41 Å². The third-order valence-corrected chi connectivity index (χ3v) is 2.25. The summed E-state index contributed by atoms with van der Waals surface area (Å²) in [7, 11) is 0. The van der Waals surface area contributed by atoms with Gasteiger partial charge in [0.1, 0.15) is 6.54 Å². The van der Waals surface area contributed by atoms with E-state index in [9.17, 15) is 13.2 Å². The topological polar surface area (TPSA) is 27.1 Å². The molecular formula is C9H15F3N2. The van der Waals surface area contributed by atoms with Crippen LogP contribution in [-0.2, 0) is 0 Å². The van der Waals surface area contributed by atoms with Crippen molar-refractivity contribution in [2.45, 2.75) is 38.9 Å². The highest BCUT2D eigenvalue weighted by atomic mass is 19.4. The standard InChI is InChI=1S/C9H15F3N2/c1-6(2)14(5-9(10,11)12)8(13)7-3-4-7/h6-7,13H,3-5H2,1-2H3. The molecule has 0 aromatic heterocycles. The van der Waals surface area contributed by atoms with Crippen LogP contribution in [0, 0.1) is 11.3 Å². The van der Waals surface area contributed by atoms with Gasteiger partial charge in [-0.2, -0.15) is 13.2 Å². The van der Waals surface area contributed by atoms with Gasteiger partial charge in [0.05, 0.1) is 5.84 Å². The highest BCUT2D eigenvalue weighted by Crippen LogP contribution is 2.33. The average Bonchev–Trinajstić information content (AvgIpc) is 2.78. The van der Waals surface area contributed by atoms with Gasteiger partial charge in [0.2, 0.25) is 0 Å². The Bertz CT molecular complexity index is 219. The summed E-state index contributed by atoms with van der Waals surface area (Å²) in [6.45, 7) is 2.37. The van der Waals surface area contributed by atoms with Gasteiger partial charge in [-0.15, -0.1) is 0 Å². The second kappa shape index (κ2) is 3.79. The van der Waals surface area contributed by atoms with E-state index in [1.165, 1.54) is 0 Å².